The number of hydrogen-bond donors (Lipinski definition) is 1. The van der Waals surface area contributed by atoms with E-state index in [1.54, 1.807) is 0 Å². The quantitative estimate of drug-likeness (QED) is 0.487. The van der Waals surface area contributed by atoms with E-state index in [1.807, 2.05) is 0 Å². The van der Waals surface area contributed by atoms with Gasteiger partial charge in [0.05, 0.1) is 0 Å². The van der Waals surface area contributed by atoms with Gasteiger partial charge in [-0.3, -0.25) is 0 Å². The van der Waals surface area contributed by atoms with Gasteiger partial charge >= 0.3 is 0 Å². The predicted octanol–water partition coefficient (Wildman–Crippen LogP) is 7.01. The monoisotopic (exact) mass is 346 g/mol. The van der Waals surface area contributed by atoms with Gasteiger partial charge in [0.2, 0.25) is 0 Å². The smallest absolute Gasteiger partial charge is 0.0456 e. The second-order valence-electron chi connectivity index (χ2n) is 7.98. The second kappa shape index (κ2) is 9.50. The molecule has 4 atom stereocenters. The van der Waals surface area contributed by atoms with Gasteiger partial charge in [0.25, 0.3) is 0 Å². The summed E-state index contributed by atoms with van der Waals surface area (Å²) in [5.74, 6) is 1.06. The van der Waals surface area contributed by atoms with Gasteiger partial charge in [0.15, 0.2) is 0 Å². The molecule has 2 N–H and O–H groups in total. The predicted molar refractivity (Wildman–Crippen MR) is 115 cm³/mol. The third-order valence-corrected chi connectivity index (χ3v) is 6.33. The van der Waals surface area contributed by atoms with Crippen LogP contribution in [0.5, 0.6) is 0 Å². The molecule has 144 valence electrons. The third-order valence-electron chi connectivity index (χ3n) is 6.33. The molecule has 0 saturated carbocycles. The Morgan fingerprint density at radius 2 is 1.24 bits per heavy atom. The van der Waals surface area contributed by atoms with E-state index >= 15 is 0 Å². The Hall–Kier alpha value is -1.18. The highest BCUT2D eigenvalue weighted by atomic mass is 15.2. The standard InChI is InChI=1S/C23H42N2/c1-10-15(5)20-14-21(16(6)11-2)23(19(9)22(20)24)25(17(7)12-3)18(8)13-4/h14-18H,10-13,24H2,1-9H3. The van der Waals surface area contributed by atoms with Crippen LogP contribution in [-0.2, 0) is 0 Å². The van der Waals surface area contributed by atoms with Crippen LogP contribution < -0.4 is 10.6 Å². The summed E-state index contributed by atoms with van der Waals surface area (Å²) in [5.41, 5.74) is 13.2. The topological polar surface area (TPSA) is 29.3 Å². The summed E-state index contributed by atoms with van der Waals surface area (Å²) in [6.07, 6.45) is 4.59. The zero-order valence-corrected chi connectivity index (χ0v) is 18.2. The van der Waals surface area contributed by atoms with Crippen LogP contribution in [0, 0.1) is 6.92 Å². The Morgan fingerprint density at radius 3 is 1.64 bits per heavy atom. The summed E-state index contributed by atoms with van der Waals surface area (Å²) < 4.78 is 0. The molecule has 0 radical (unpaired) electrons. The van der Waals surface area contributed by atoms with Crippen LogP contribution in [0.15, 0.2) is 6.07 Å². The maximum atomic E-state index is 6.66. The molecule has 1 rings (SSSR count). The first-order valence-corrected chi connectivity index (χ1v) is 10.5. The van der Waals surface area contributed by atoms with Gasteiger partial charge in [0, 0.05) is 23.5 Å². The van der Waals surface area contributed by atoms with Crippen LogP contribution >= 0.6 is 0 Å². The molecule has 0 aliphatic heterocycles. The average Bonchev–Trinajstić information content (AvgIpc) is 2.63. The van der Waals surface area contributed by atoms with Gasteiger partial charge in [0.1, 0.15) is 0 Å². The van der Waals surface area contributed by atoms with Gasteiger partial charge in [-0.05, 0) is 75.0 Å². The fourth-order valence-electron chi connectivity index (χ4n) is 3.71. The highest BCUT2D eigenvalue weighted by Crippen LogP contribution is 2.42. The Balaban J connectivity index is 3.73. The van der Waals surface area contributed by atoms with Crippen LogP contribution in [0.3, 0.4) is 0 Å². The normalized spacial score (nSPS) is 16.4. The first kappa shape index (κ1) is 21.9. The number of nitrogens with two attached hydrogens (primary N) is 1. The molecular weight excluding hydrogens is 304 g/mol. The molecule has 2 nitrogen and oxygen atoms in total. The molecule has 1 aromatic rings. The van der Waals surface area contributed by atoms with E-state index in [1.165, 1.54) is 22.4 Å². The maximum Gasteiger partial charge on any atom is 0.0456 e. The molecule has 0 aromatic heterocycles. The van der Waals surface area contributed by atoms with E-state index in [0.717, 1.165) is 31.4 Å². The lowest BCUT2D eigenvalue weighted by Crippen LogP contribution is -2.41. The Labute approximate surface area is 157 Å². The molecular formula is C23H42N2. The van der Waals surface area contributed by atoms with Crippen molar-refractivity contribution in [2.45, 2.75) is 112 Å². The molecule has 0 aliphatic rings. The molecule has 0 saturated heterocycles. The average molecular weight is 347 g/mol. The number of benzene rings is 1. The Bertz CT molecular complexity index is 540. The van der Waals surface area contributed by atoms with Crippen LogP contribution in [-0.4, -0.2) is 12.1 Å². The number of rotatable bonds is 9. The van der Waals surface area contributed by atoms with Gasteiger partial charge < -0.3 is 10.6 Å². The van der Waals surface area contributed by atoms with Gasteiger partial charge in [-0.15, -0.1) is 0 Å². The number of nitrogens with zero attached hydrogens (tertiary/aromatic N) is 1. The first-order chi connectivity index (χ1) is 11.7. The molecule has 1 aromatic carbocycles. The summed E-state index contributed by atoms with van der Waals surface area (Å²) in [5, 5.41) is 0. The second-order valence-corrected chi connectivity index (χ2v) is 7.98. The molecule has 25 heavy (non-hydrogen) atoms. The fourth-order valence-corrected chi connectivity index (χ4v) is 3.71. The Morgan fingerprint density at radius 1 is 0.800 bits per heavy atom. The van der Waals surface area contributed by atoms with E-state index in [0.29, 0.717) is 23.9 Å². The van der Waals surface area contributed by atoms with E-state index < -0.39 is 0 Å². The van der Waals surface area contributed by atoms with E-state index in [-0.39, 0.29) is 0 Å². The van der Waals surface area contributed by atoms with Crippen molar-refractivity contribution >= 4 is 11.4 Å². The molecule has 0 aliphatic carbocycles. The van der Waals surface area contributed by atoms with Crippen molar-refractivity contribution < 1.29 is 0 Å². The summed E-state index contributed by atoms with van der Waals surface area (Å²) in [4.78, 5) is 2.65. The maximum absolute atomic E-state index is 6.66. The largest absolute Gasteiger partial charge is 0.398 e. The zero-order valence-electron chi connectivity index (χ0n) is 18.2. The molecule has 0 bridgehead atoms. The van der Waals surface area contributed by atoms with E-state index in [9.17, 15) is 0 Å². The lowest BCUT2D eigenvalue weighted by atomic mass is 9.85. The molecule has 4 unspecified atom stereocenters. The van der Waals surface area contributed by atoms with Crippen molar-refractivity contribution in [2.24, 2.45) is 0 Å². The van der Waals surface area contributed by atoms with E-state index in [4.69, 9.17) is 5.73 Å². The van der Waals surface area contributed by atoms with Crippen molar-refractivity contribution in [3.05, 3.63) is 22.8 Å². The highest BCUT2D eigenvalue weighted by Gasteiger charge is 2.27. The third kappa shape index (κ3) is 4.51. The van der Waals surface area contributed by atoms with Crippen LogP contribution in [0.4, 0.5) is 11.4 Å². The summed E-state index contributed by atoms with van der Waals surface area (Å²) in [6, 6.07) is 3.47. The zero-order chi connectivity index (χ0) is 19.3. The number of anilines is 2. The first-order valence-electron chi connectivity index (χ1n) is 10.5. The fraction of sp³-hybridized carbons (Fsp3) is 0.739. The van der Waals surface area contributed by atoms with Crippen molar-refractivity contribution in [1.29, 1.82) is 0 Å². The van der Waals surface area contributed by atoms with Crippen molar-refractivity contribution in [2.75, 3.05) is 10.6 Å². The van der Waals surface area contributed by atoms with Gasteiger partial charge in [-0.25, -0.2) is 0 Å². The van der Waals surface area contributed by atoms with Crippen molar-refractivity contribution in [1.82, 2.24) is 0 Å². The van der Waals surface area contributed by atoms with E-state index in [2.05, 4.69) is 73.3 Å². The molecule has 0 spiro atoms. The SMILES string of the molecule is CCC(C)c1cc(C(C)CC)c(N(C(C)CC)C(C)CC)c(C)c1N. The molecule has 0 amide bonds. The van der Waals surface area contributed by atoms with Crippen molar-refractivity contribution in [3.8, 4) is 0 Å². The van der Waals surface area contributed by atoms with Gasteiger partial charge in [-0.2, -0.15) is 0 Å². The van der Waals surface area contributed by atoms with Gasteiger partial charge in [-0.1, -0.05) is 47.6 Å². The van der Waals surface area contributed by atoms with Crippen LogP contribution in [0.2, 0.25) is 0 Å². The van der Waals surface area contributed by atoms with Crippen LogP contribution in [0.1, 0.15) is 110 Å². The minimum Gasteiger partial charge on any atom is -0.398 e. The number of nitrogen functional groups attached to an aromatic ring is 1. The minimum absolute atomic E-state index is 0.510. The minimum atomic E-state index is 0.510. The van der Waals surface area contributed by atoms with Crippen molar-refractivity contribution in [3.63, 3.8) is 0 Å². The summed E-state index contributed by atoms with van der Waals surface area (Å²) in [7, 11) is 0. The number of hydrogen-bond acceptors (Lipinski definition) is 2. The Kier molecular flexibility index (Phi) is 8.31. The summed E-state index contributed by atoms with van der Waals surface area (Å²) >= 11 is 0. The molecule has 2 heteroatoms. The summed E-state index contributed by atoms with van der Waals surface area (Å²) in [6.45, 7) is 20.7. The lowest BCUT2D eigenvalue weighted by Gasteiger charge is -2.40. The molecule has 0 fully saturated rings. The lowest BCUT2D eigenvalue weighted by molar-refractivity contribution is 0.522. The van der Waals surface area contributed by atoms with Crippen LogP contribution in [0.25, 0.3) is 0 Å². The highest BCUT2D eigenvalue weighted by molar-refractivity contribution is 5.73. The molecule has 0 heterocycles.